The zero-order valence-electron chi connectivity index (χ0n) is 11.3. The topological polar surface area (TPSA) is 52.7 Å². The van der Waals surface area contributed by atoms with Gasteiger partial charge in [-0.05, 0) is 38.6 Å². The molecule has 2 fully saturated rings. The quantitative estimate of drug-likeness (QED) is 0.807. The molecular formula is C12H25N3O2S. The van der Waals surface area contributed by atoms with E-state index < -0.39 is 10.2 Å². The summed E-state index contributed by atoms with van der Waals surface area (Å²) in [5.74, 6) is 0. The predicted octanol–water partition coefficient (Wildman–Crippen LogP) is 0.791. The molecule has 0 amide bonds. The van der Waals surface area contributed by atoms with Crippen LogP contribution in [0.3, 0.4) is 0 Å². The van der Waals surface area contributed by atoms with Crippen molar-refractivity contribution in [1.82, 2.24) is 13.9 Å². The maximum atomic E-state index is 12.2. The average Bonchev–Trinajstić information content (AvgIpc) is 2.91. The Bertz CT molecular complexity index is 346. The van der Waals surface area contributed by atoms with Gasteiger partial charge in [0.1, 0.15) is 0 Å². The van der Waals surface area contributed by atoms with Gasteiger partial charge < -0.3 is 5.32 Å². The van der Waals surface area contributed by atoms with Crippen LogP contribution in [0.4, 0.5) is 0 Å². The van der Waals surface area contributed by atoms with Crippen LogP contribution < -0.4 is 5.32 Å². The number of hydrogen-bond donors (Lipinski definition) is 1. The van der Waals surface area contributed by atoms with Crippen LogP contribution >= 0.6 is 0 Å². The first-order valence-electron chi connectivity index (χ1n) is 7.05. The molecule has 1 atom stereocenters. The van der Waals surface area contributed by atoms with Crippen LogP contribution in [0.25, 0.3) is 0 Å². The number of rotatable bonds is 5. The molecule has 2 aliphatic heterocycles. The van der Waals surface area contributed by atoms with Crippen molar-refractivity contribution in [2.24, 2.45) is 0 Å². The molecule has 0 bridgehead atoms. The Balaban J connectivity index is 1.80. The molecule has 0 spiro atoms. The molecule has 0 radical (unpaired) electrons. The second-order valence-electron chi connectivity index (χ2n) is 5.37. The SMILES string of the molecule is CN(CCC1CCCCN1)S(=O)(=O)N1CCCC1. The molecule has 0 aromatic carbocycles. The highest BCUT2D eigenvalue weighted by molar-refractivity contribution is 7.86. The summed E-state index contributed by atoms with van der Waals surface area (Å²) in [5, 5.41) is 3.46. The lowest BCUT2D eigenvalue weighted by Crippen LogP contribution is -2.43. The van der Waals surface area contributed by atoms with Crippen LogP contribution in [-0.2, 0) is 10.2 Å². The molecule has 1 N–H and O–H groups in total. The van der Waals surface area contributed by atoms with E-state index in [-0.39, 0.29) is 0 Å². The summed E-state index contributed by atoms with van der Waals surface area (Å²) in [4.78, 5) is 0. The number of piperidine rings is 1. The highest BCUT2D eigenvalue weighted by Crippen LogP contribution is 2.17. The minimum absolute atomic E-state index is 0.495. The molecule has 0 aromatic heterocycles. The minimum Gasteiger partial charge on any atom is -0.314 e. The molecule has 106 valence electrons. The fraction of sp³-hybridized carbons (Fsp3) is 1.00. The Labute approximate surface area is 111 Å². The maximum absolute atomic E-state index is 12.2. The maximum Gasteiger partial charge on any atom is 0.281 e. The summed E-state index contributed by atoms with van der Waals surface area (Å²) in [6.07, 6.45) is 6.61. The van der Waals surface area contributed by atoms with Gasteiger partial charge in [0.25, 0.3) is 10.2 Å². The summed E-state index contributed by atoms with van der Waals surface area (Å²) >= 11 is 0. The van der Waals surface area contributed by atoms with Crippen molar-refractivity contribution in [3.8, 4) is 0 Å². The molecule has 6 heteroatoms. The lowest BCUT2D eigenvalue weighted by molar-refractivity contribution is 0.338. The van der Waals surface area contributed by atoms with Crippen molar-refractivity contribution < 1.29 is 8.42 Å². The molecular weight excluding hydrogens is 250 g/mol. The van der Waals surface area contributed by atoms with Gasteiger partial charge in [0, 0.05) is 32.7 Å². The minimum atomic E-state index is -3.20. The van der Waals surface area contributed by atoms with Crippen LogP contribution in [0.15, 0.2) is 0 Å². The van der Waals surface area contributed by atoms with E-state index in [1.165, 1.54) is 23.6 Å². The van der Waals surface area contributed by atoms with E-state index in [1.54, 1.807) is 11.4 Å². The van der Waals surface area contributed by atoms with Gasteiger partial charge in [0.2, 0.25) is 0 Å². The first-order valence-corrected chi connectivity index (χ1v) is 8.45. The van der Waals surface area contributed by atoms with Crippen LogP contribution in [0.5, 0.6) is 0 Å². The highest BCUT2D eigenvalue weighted by Gasteiger charge is 2.29. The van der Waals surface area contributed by atoms with Crippen molar-refractivity contribution in [2.45, 2.75) is 44.6 Å². The van der Waals surface area contributed by atoms with Crippen molar-refractivity contribution in [1.29, 1.82) is 0 Å². The Morgan fingerprint density at radius 1 is 1.22 bits per heavy atom. The van der Waals surface area contributed by atoms with Gasteiger partial charge in [0.05, 0.1) is 0 Å². The van der Waals surface area contributed by atoms with Gasteiger partial charge in [-0.1, -0.05) is 6.42 Å². The second kappa shape index (κ2) is 6.32. The zero-order valence-corrected chi connectivity index (χ0v) is 12.1. The number of hydrogen-bond acceptors (Lipinski definition) is 3. The van der Waals surface area contributed by atoms with Crippen molar-refractivity contribution in [3.63, 3.8) is 0 Å². The molecule has 0 aromatic rings. The van der Waals surface area contributed by atoms with Gasteiger partial charge in [-0.3, -0.25) is 0 Å². The first-order chi connectivity index (χ1) is 8.60. The molecule has 0 aliphatic carbocycles. The third kappa shape index (κ3) is 3.44. The summed E-state index contributed by atoms with van der Waals surface area (Å²) in [7, 11) is -1.50. The highest BCUT2D eigenvalue weighted by atomic mass is 32.2. The van der Waals surface area contributed by atoms with Crippen molar-refractivity contribution in [2.75, 3.05) is 33.2 Å². The Morgan fingerprint density at radius 3 is 2.56 bits per heavy atom. The molecule has 5 nitrogen and oxygen atoms in total. The van der Waals surface area contributed by atoms with Crippen LogP contribution in [0.2, 0.25) is 0 Å². The predicted molar refractivity (Wildman–Crippen MR) is 72.6 cm³/mol. The largest absolute Gasteiger partial charge is 0.314 e. The summed E-state index contributed by atoms with van der Waals surface area (Å²) in [6.45, 7) is 3.08. The van der Waals surface area contributed by atoms with Gasteiger partial charge in [0.15, 0.2) is 0 Å². The normalized spacial score (nSPS) is 26.9. The second-order valence-corrected chi connectivity index (χ2v) is 7.41. The zero-order chi connectivity index (χ0) is 13.0. The van der Waals surface area contributed by atoms with E-state index in [9.17, 15) is 8.42 Å². The molecule has 0 saturated carbocycles. The number of nitrogens with one attached hydrogen (secondary N) is 1. The van der Waals surface area contributed by atoms with Gasteiger partial charge >= 0.3 is 0 Å². The summed E-state index contributed by atoms with van der Waals surface area (Å²) in [5.41, 5.74) is 0. The van der Waals surface area contributed by atoms with Crippen molar-refractivity contribution in [3.05, 3.63) is 0 Å². The van der Waals surface area contributed by atoms with Crippen LogP contribution in [0, 0.1) is 0 Å². The Hall–Kier alpha value is -0.170. The Kier molecular flexibility index (Phi) is 5.00. The first kappa shape index (κ1) is 14.2. The van der Waals surface area contributed by atoms with Crippen molar-refractivity contribution >= 4 is 10.2 Å². The third-order valence-electron chi connectivity index (χ3n) is 3.99. The van der Waals surface area contributed by atoms with Crippen LogP contribution in [0.1, 0.15) is 38.5 Å². The molecule has 2 saturated heterocycles. The van der Waals surface area contributed by atoms with Gasteiger partial charge in [-0.15, -0.1) is 0 Å². The van der Waals surface area contributed by atoms with Gasteiger partial charge in [-0.25, -0.2) is 0 Å². The molecule has 2 heterocycles. The average molecular weight is 275 g/mol. The monoisotopic (exact) mass is 275 g/mol. The van der Waals surface area contributed by atoms with Gasteiger partial charge in [-0.2, -0.15) is 17.0 Å². The van der Waals surface area contributed by atoms with Crippen LogP contribution in [-0.4, -0.2) is 56.3 Å². The fourth-order valence-electron chi connectivity index (χ4n) is 2.74. The van der Waals surface area contributed by atoms with E-state index in [1.807, 2.05) is 0 Å². The van der Waals surface area contributed by atoms with E-state index >= 15 is 0 Å². The molecule has 2 aliphatic rings. The summed E-state index contributed by atoms with van der Waals surface area (Å²) < 4.78 is 27.6. The fourth-order valence-corrected chi connectivity index (χ4v) is 4.19. The lowest BCUT2D eigenvalue weighted by Gasteiger charge is -2.27. The lowest BCUT2D eigenvalue weighted by atomic mass is 10.0. The Morgan fingerprint density at radius 2 is 1.94 bits per heavy atom. The van der Waals surface area contributed by atoms with E-state index in [2.05, 4.69) is 5.32 Å². The molecule has 18 heavy (non-hydrogen) atoms. The molecule has 2 rings (SSSR count). The van der Waals surface area contributed by atoms with E-state index in [0.717, 1.165) is 25.8 Å². The number of nitrogens with zero attached hydrogens (tertiary/aromatic N) is 2. The molecule has 1 unspecified atom stereocenters. The third-order valence-corrected chi connectivity index (χ3v) is 5.98. The van der Waals surface area contributed by atoms with E-state index in [4.69, 9.17) is 0 Å². The summed E-state index contributed by atoms with van der Waals surface area (Å²) in [6, 6.07) is 0.495. The van der Waals surface area contributed by atoms with E-state index in [0.29, 0.717) is 25.7 Å². The smallest absolute Gasteiger partial charge is 0.281 e. The standard InChI is InChI=1S/C12H25N3O2S/c1-14(11-7-12-6-2-3-8-13-12)18(16,17)15-9-4-5-10-15/h12-13H,2-11H2,1H3.